The molecule has 1 atom stereocenters. The molecule has 1 aromatic rings. The van der Waals surface area contributed by atoms with E-state index in [9.17, 15) is 14.4 Å². The molecule has 0 radical (unpaired) electrons. The summed E-state index contributed by atoms with van der Waals surface area (Å²) < 4.78 is 0. The predicted octanol–water partition coefficient (Wildman–Crippen LogP) is 0.916. The van der Waals surface area contributed by atoms with Crippen LogP contribution in [0.15, 0.2) is 24.3 Å². The van der Waals surface area contributed by atoms with Gasteiger partial charge >= 0.3 is 0 Å². The maximum absolute atomic E-state index is 12.9. The molecule has 1 N–H and O–H groups in total. The van der Waals surface area contributed by atoms with Gasteiger partial charge in [-0.2, -0.15) is 0 Å². The van der Waals surface area contributed by atoms with Crippen molar-refractivity contribution in [2.45, 2.75) is 37.8 Å². The molecule has 3 amide bonds. The summed E-state index contributed by atoms with van der Waals surface area (Å²) in [6, 6.07) is 6.88. The predicted molar refractivity (Wildman–Crippen MR) is 84.0 cm³/mol. The fraction of sp³-hybridized carbons (Fsp3) is 0.471. The second-order valence-corrected chi connectivity index (χ2v) is 6.44. The Morgan fingerprint density at radius 2 is 1.96 bits per heavy atom. The molecule has 120 valence electrons. The molecule has 3 aliphatic rings. The summed E-state index contributed by atoms with van der Waals surface area (Å²) in [6.45, 7) is 0.579. The van der Waals surface area contributed by atoms with Crippen molar-refractivity contribution in [1.29, 1.82) is 0 Å². The molecule has 1 saturated heterocycles. The number of anilines is 1. The molecule has 2 aliphatic heterocycles. The highest BCUT2D eigenvalue weighted by Crippen LogP contribution is 2.32. The van der Waals surface area contributed by atoms with Gasteiger partial charge in [0.05, 0.1) is 11.3 Å². The van der Waals surface area contributed by atoms with E-state index < -0.39 is 6.04 Å². The van der Waals surface area contributed by atoms with Crippen LogP contribution in [0, 0.1) is 0 Å². The lowest BCUT2D eigenvalue weighted by Crippen LogP contribution is -2.48. The van der Waals surface area contributed by atoms with Crippen LogP contribution in [0.5, 0.6) is 0 Å². The highest BCUT2D eigenvalue weighted by molar-refractivity contribution is 6.12. The van der Waals surface area contributed by atoms with Crippen LogP contribution in [0.3, 0.4) is 0 Å². The van der Waals surface area contributed by atoms with Crippen molar-refractivity contribution in [2.24, 2.45) is 0 Å². The Hall–Kier alpha value is -2.37. The molecule has 0 bridgehead atoms. The lowest BCUT2D eigenvalue weighted by Gasteiger charge is -2.25. The van der Waals surface area contributed by atoms with Crippen molar-refractivity contribution in [3.05, 3.63) is 29.8 Å². The van der Waals surface area contributed by atoms with Crippen molar-refractivity contribution in [1.82, 2.24) is 10.2 Å². The smallest absolute Gasteiger partial charge is 0.256 e. The van der Waals surface area contributed by atoms with Crippen molar-refractivity contribution in [3.8, 4) is 0 Å². The van der Waals surface area contributed by atoms with Crippen LogP contribution in [-0.4, -0.2) is 47.8 Å². The summed E-state index contributed by atoms with van der Waals surface area (Å²) in [5.74, 6) is -0.414. The molecule has 6 nitrogen and oxygen atoms in total. The van der Waals surface area contributed by atoms with Gasteiger partial charge < -0.3 is 15.1 Å². The number of carbonyl (C=O) groups is 3. The lowest BCUT2D eigenvalue weighted by molar-refractivity contribution is -0.125. The van der Waals surface area contributed by atoms with Crippen molar-refractivity contribution in [3.63, 3.8) is 0 Å². The molecule has 6 heteroatoms. The zero-order chi connectivity index (χ0) is 16.0. The zero-order valence-corrected chi connectivity index (χ0v) is 12.8. The largest absolute Gasteiger partial charge is 0.352 e. The second kappa shape index (κ2) is 5.37. The zero-order valence-electron chi connectivity index (χ0n) is 12.8. The standard InChI is InChI=1S/C17H19N3O3/c21-15(18-11-7-8-11)10-20-13-5-2-1-4-12(13)16(22)19-9-3-6-14(19)17(20)23/h1-2,4-5,11,14H,3,6-10H2,(H,18,21)/t14-/m1/s1. The average molecular weight is 313 g/mol. The van der Waals surface area contributed by atoms with Crippen molar-refractivity contribution in [2.75, 3.05) is 18.0 Å². The van der Waals surface area contributed by atoms with Crippen molar-refractivity contribution < 1.29 is 14.4 Å². The summed E-state index contributed by atoms with van der Waals surface area (Å²) in [6.07, 6.45) is 3.50. The fourth-order valence-electron chi connectivity index (χ4n) is 3.42. The quantitative estimate of drug-likeness (QED) is 0.902. The first-order chi connectivity index (χ1) is 11.1. The van der Waals surface area contributed by atoms with Gasteiger partial charge in [0.1, 0.15) is 12.6 Å². The Balaban J connectivity index is 1.69. The Labute approximate surface area is 134 Å². The van der Waals surface area contributed by atoms with Gasteiger partial charge in [-0.15, -0.1) is 0 Å². The van der Waals surface area contributed by atoms with E-state index in [1.54, 1.807) is 29.2 Å². The molecule has 23 heavy (non-hydrogen) atoms. The number of fused-ring (bicyclic) bond motifs is 2. The number of carbonyl (C=O) groups excluding carboxylic acids is 3. The third-order valence-corrected chi connectivity index (χ3v) is 4.73. The monoisotopic (exact) mass is 313 g/mol. The third kappa shape index (κ3) is 2.48. The van der Waals surface area contributed by atoms with Crippen LogP contribution >= 0.6 is 0 Å². The van der Waals surface area contributed by atoms with Gasteiger partial charge in [0.25, 0.3) is 5.91 Å². The molecule has 0 unspecified atom stereocenters. The molecular formula is C17H19N3O3. The summed E-state index contributed by atoms with van der Waals surface area (Å²) in [5.41, 5.74) is 1.05. The van der Waals surface area contributed by atoms with E-state index in [2.05, 4.69) is 5.32 Å². The van der Waals surface area contributed by atoms with E-state index in [-0.39, 0.29) is 30.3 Å². The minimum atomic E-state index is -0.441. The van der Waals surface area contributed by atoms with Gasteiger partial charge in [0, 0.05) is 12.6 Å². The topological polar surface area (TPSA) is 69.7 Å². The number of nitrogens with one attached hydrogen (secondary N) is 1. The first-order valence-corrected chi connectivity index (χ1v) is 8.16. The van der Waals surface area contributed by atoms with Crippen LogP contribution in [0.2, 0.25) is 0 Å². The van der Waals surface area contributed by atoms with E-state index in [1.807, 2.05) is 0 Å². The first kappa shape index (κ1) is 14.2. The Bertz CT molecular complexity index is 683. The summed E-state index contributed by atoms with van der Waals surface area (Å²) in [7, 11) is 0. The molecule has 1 aliphatic carbocycles. The summed E-state index contributed by atoms with van der Waals surface area (Å²) in [5, 5.41) is 2.91. The van der Waals surface area contributed by atoms with E-state index in [0.717, 1.165) is 19.3 Å². The number of para-hydroxylation sites is 1. The highest BCUT2D eigenvalue weighted by Gasteiger charge is 2.42. The van der Waals surface area contributed by atoms with Gasteiger partial charge in [0.15, 0.2) is 0 Å². The van der Waals surface area contributed by atoms with Gasteiger partial charge in [-0.05, 0) is 37.8 Å². The normalized spacial score (nSPS) is 23.4. The molecule has 0 spiro atoms. The maximum Gasteiger partial charge on any atom is 0.256 e. The molecule has 4 rings (SSSR count). The van der Waals surface area contributed by atoms with Crippen LogP contribution < -0.4 is 10.2 Å². The van der Waals surface area contributed by atoms with Crippen LogP contribution in [0.1, 0.15) is 36.0 Å². The van der Waals surface area contributed by atoms with Crippen LogP contribution in [0.25, 0.3) is 0 Å². The number of rotatable bonds is 3. The van der Waals surface area contributed by atoms with Gasteiger partial charge in [-0.25, -0.2) is 0 Å². The first-order valence-electron chi connectivity index (χ1n) is 8.16. The van der Waals surface area contributed by atoms with Gasteiger partial charge in [0.2, 0.25) is 11.8 Å². The third-order valence-electron chi connectivity index (χ3n) is 4.73. The lowest BCUT2D eigenvalue weighted by atomic mass is 10.1. The Morgan fingerprint density at radius 1 is 1.17 bits per heavy atom. The average Bonchev–Trinajstić information content (AvgIpc) is 3.24. The minimum Gasteiger partial charge on any atom is -0.352 e. The number of hydrogen-bond acceptors (Lipinski definition) is 3. The number of amides is 3. The van der Waals surface area contributed by atoms with Crippen LogP contribution in [-0.2, 0) is 9.59 Å². The van der Waals surface area contributed by atoms with Gasteiger partial charge in [-0.1, -0.05) is 12.1 Å². The van der Waals surface area contributed by atoms with E-state index in [0.29, 0.717) is 24.2 Å². The molecule has 1 aromatic carbocycles. The molecule has 2 fully saturated rings. The van der Waals surface area contributed by atoms with E-state index in [1.165, 1.54) is 4.90 Å². The molecule has 1 saturated carbocycles. The van der Waals surface area contributed by atoms with Crippen LogP contribution in [0.4, 0.5) is 5.69 Å². The summed E-state index contributed by atoms with van der Waals surface area (Å²) >= 11 is 0. The van der Waals surface area contributed by atoms with Crippen molar-refractivity contribution >= 4 is 23.4 Å². The molecule has 2 heterocycles. The SMILES string of the molecule is O=C(CN1C(=O)[C@H]2CCCN2C(=O)c2ccccc21)NC1CC1. The van der Waals surface area contributed by atoms with E-state index >= 15 is 0 Å². The molecular weight excluding hydrogens is 294 g/mol. The highest BCUT2D eigenvalue weighted by atomic mass is 16.2. The van der Waals surface area contributed by atoms with E-state index in [4.69, 9.17) is 0 Å². The number of benzene rings is 1. The number of hydrogen-bond donors (Lipinski definition) is 1. The molecule has 0 aromatic heterocycles. The fourth-order valence-corrected chi connectivity index (χ4v) is 3.42. The Kier molecular flexibility index (Phi) is 3.32. The second-order valence-electron chi connectivity index (χ2n) is 6.44. The van der Waals surface area contributed by atoms with Gasteiger partial charge in [-0.3, -0.25) is 14.4 Å². The number of nitrogens with zero attached hydrogens (tertiary/aromatic N) is 2. The minimum absolute atomic E-state index is 0.0238. The maximum atomic E-state index is 12.9. The summed E-state index contributed by atoms with van der Waals surface area (Å²) in [4.78, 5) is 41.0. The Morgan fingerprint density at radius 3 is 2.74 bits per heavy atom.